The van der Waals surface area contributed by atoms with Crippen molar-refractivity contribution in [1.29, 1.82) is 0 Å². The summed E-state index contributed by atoms with van der Waals surface area (Å²) < 4.78 is 1.91. The highest BCUT2D eigenvalue weighted by molar-refractivity contribution is 5.55. The van der Waals surface area contributed by atoms with Gasteiger partial charge >= 0.3 is 0 Å². The number of hydrogen-bond acceptors (Lipinski definition) is 4. The highest BCUT2D eigenvalue weighted by atomic mass is 15.3. The maximum absolute atomic E-state index is 5.95. The number of nitrogens with zero attached hydrogens (tertiary/aromatic N) is 4. The number of nitrogens with two attached hydrogens (primary N) is 1. The van der Waals surface area contributed by atoms with Crippen LogP contribution in [0, 0.1) is 0 Å². The molecule has 2 N–H and O–H groups in total. The molecule has 20 heavy (non-hydrogen) atoms. The summed E-state index contributed by atoms with van der Waals surface area (Å²) in [5.74, 6) is 1.78. The number of rotatable bonds is 3. The van der Waals surface area contributed by atoms with E-state index in [2.05, 4.69) is 23.9 Å². The molecule has 0 radical (unpaired) electrons. The van der Waals surface area contributed by atoms with Crippen LogP contribution in [0.2, 0.25) is 0 Å². The molecule has 0 saturated heterocycles. The first-order chi connectivity index (χ1) is 9.63. The summed E-state index contributed by atoms with van der Waals surface area (Å²) in [6.07, 6.45) is 8.79. The molecule has 2 heterocycles. The molecule has 2 aromatic rings. The van der Waals surface area contributed by atoms with E-state index >= 15 is 0 Å². The van der Waals surface area contributed by atoms with Crippen LogP contribution in [-0.2, 0) is 0 Å². The topological polar surface area (TPSA) is 69.6 Å². The quantitative estimate of drug-likeness (QED) is 0.931. The van der Waals surface area contributed by atoms with Crippen molar-refractivity contribution >= 4 is 5.82 Å². The molecule has 1 aliphatic rings. The minimum Gasteiger partial charge on any atom is -0.384 e. The van der Waals surface area contributed by atoms with Crippen molar-refractivity contribution in [2.45, 2.75) is 51.5 Å². The standard InChI is InChI=1S/C15H21N5/c1-10(2)20-9-12(8-17-20)15-18-13(7-14(16)19-15)11-5-3-4-6-11/h7-11H,3-6H2,1-2H3,(H2,16,18,19). The smallest absolute Gasteiger partial charge is 0.164 e. The van der Waals surface area contributed by atoms with Gasteiger partial charge in [0.2, 0.25) is 0 Å². The maximum Gasteiger partial charge on any atom is 0.164 e. The van der Waals surface area contributed by atoms with Crippen LogP contribution < -0.4 is 5.73 Å². The van der Waals surface area contributed by atoms with Gasteiger partial charge in [0.25, 0.3) is 0 Å². The number of nitrogen functional groups attached to an aromatic ring is 1. The molecule has 0 amide bonds. The molecule has 0 atom stereocenters. The van der Waals surface area contributed by atoms with Gasteiger partial charge in [0.15, 0.2) is 5.82 Å². The Morgan fingerprint density at radius 2 is 2.00 bits per heavy atom. The zero-order valence-corrected chi connectivity index (χ0v) is 12.1. The Morgan fingerprint density at radius 1 is 1.25 bits per heavy atom. The summed E-state index contributed by atoms with van der Waals surface area (Å²) >= 11 is 0. The predicted octanol–water partition coefficient (Wildman–Crippen LogP) is 3.16. The van der Waals surface area contributed by atoms with Gasteiger partial charge < -0.3 is 5.73 Å². The number of aromatic nitrogens is 4. The molecule has 0 aromatic carbocycles. The molecule has 0 aliphatic heterocycles. The van der Waals surface area contributed by atoms with Gasteiger partial charge in [-0.25, -0.2) is 9.97 Å². The predicted molar refractivity (Wildman–Crippen MR) is 79.3 cm³/mol. The molecule has 0 bridgehead atoms. The molecule has 1 fully saturated rings. The second kappa shape index (κ2) is 5.23. The van der Waals surface area contributed by atoms with E-state index in [4.69, 9.17) is 10.7 Å². The second-order valence-electron chi connectivity index (χ2n) is 5.83. The zero-order chi connectivity index (χ0) is 14.1. The highest BCUT2D eigenvalue weighted by Crippen LogP contribution is 2.34. The van der Waals surface area contributed by atoms with E-state index in [0.717, 1.165) is 11.3 Å². The van der Waals surface area contributed by atoms with E-state index in [1.165, 1.54) is 25.7 Å². The lowest BCUT2D eigenvalue weighted by molar-refractivity contribution is 0.532. The van der Waals surface area contributed by atoms with Crippen LogP contribution in [0.5, 0.6) is 0 Å². The van der Waals surface area contributed by atoms with Gasteiger partial charge in [-0.2, -0.15) is 5.10 Å². The Bertz CT molecular complexity index is 596. The van der Waals surface area contributed by atoms with Crippen molar-refractivity contribution < 1.29 is 0 Å². The summed E-state index contributed by atoms with van der Waals surface area (Å²) in [5, 5.41) is 4.34. The minimum atomic E-state index is 0.333. The molecule has 106 valence electrons. The highest BCUT2D eigenvalue weighted by Gasteiger charge is 2.20. The minimum absolute atomic E-state index is 0.333. The monoisotopic (exact) mass is 271 g/mol. The summed E-state index contributed by atoms with van der Waals surface area (Å²) in [4.78, 5) is 9.08. The van der Waals surface area contributed by atoms with E-state index < -0.39 is 0 Å². The van der Waals surface area contributed by atoms with Crippen molar-refractivity contribution in [3.8, 4) is 11.4 Å². The van der Waals surface area contributed by atoms with E-state index in [1.54, 1.807) is 0 Å². The summed E-state index contributed by atoms with van der Waals surface area (Å²) in [6, 6.07) is 2.26. The Morgan fingerprint density at radius 3 is 2.65 bits per heavy atom. The molecular formula is C15H21N5. The third-order valence-corrected chi connectivity index (χ3v) is 3.93. The lowest BCUT2D eigenvalue weighted by Gasteiger charge is -2.10. The molecule has 0 spiro atoms. The van der Waals surface area contributed by atoms with E-state index in [1.807, 2.05) is 23.1 Å². The van der Waals surface area contributed by atoms with Gasteiger partial charge in [0.1, 0.15) is 5.82 Å². The molecule has 5 nitrogen and oxygen atoms in total. The lowest BCUT2D eigenvalue weighted by Crippen LogP contribution is -2.03. The Balaban J connectivity index is 1.95. The Labute approximate surface area is 119 Å². The van der Waals surface area contributed by atoms with Crippen molar-refractivity contribution in [2.75, 3.05) is 5.73 Å². The Kier molecular flexibility index (Phi) is 3.42. The van der Waals surface area contributed by atoms with Crippen LogP contribution in [0.1, 0.15) is 57.2 Å². The van der Waals surface area contributed by atoms with Gasteiger partial charge in [-0.3, -0.25) is 4.68 Å². The first-order valence-corrected chi connectivity index (χ1v) is 7.32. The van der Waals surface area contributed by atoms with Crippen LogP contribution >= 0.6 is 0 Å². The van der Waals surface area contributed by atoms with Crippen LogP contribution in [0.4, 0.5) is 5.82 Å². The average Bonchev–Trinajstić information content (AvgIpc) is 3.10. The van der Waals surface area contributed by atoms with Crippen LogP contribution in [0.25, 0.3) is 11.4 Å². The van der Waals surface area contributed by atoms with Crippen LogP contribution in [0.15, 0.2) is 18.5 Å². The summed E-state index contributed by atoms with van der Waals surface area (Å²) in [6.45, 7) is 4.20. The first-order valence-electron chi connectivity index (χ1n) is 7.32. The first kappa shape index (κ1) is 13.1. The van der Waals surface area contributed by atoms with E-state index in [-0.39, 0.29) is 0 Å². The van der Waals surface area contributed by atoms with Crippen molar-refractivity contribution in [1.82, 2.24) is 19.7 Å². The number of anilines is 1. The van der Waals surface area contributed by atoms with Crippen molar-refractivity contribution in [2.24, 2.45) is 0 Å². The number of hydrogen-bond donors (Lipinski definition) is 1. The Hall–Kier alpha value is -1.91. The molecule has 5 heteroatoms. The fourth-order valence-electron chi connectivity index (χ4n) is 2.78. The van der Waals surface area contributed by atoms with Gasteiger partial charge in [-0.05, 0) is 26.7 Å². The summed E-state index contributed by atoms with van der Waals surface area (Å²) in [5.41, 5.74) is 7.97. The SMILES string of the molecule is CC(C)n1cc(-c2nc(N)cc(C3CCCC3)n2)cn1. The van der Waals surface area contributed by atoms with E-state index in [0.29, 0.717) is 23.6 Å². The van der Waals surface area contributed by atoms with Crippen molar-refractivity contribution in [3.63, 3.8) is 0 Å². The average molecular weight is 271 g/mol. The summed E-state index contributed by atoms with van der Waals surface area (Å²) in [7, 11) is 0. The maximum atomic E-state index is 5.95. The third-order valence-electron chi connectivity index (χ3n) is 3.93. The van der Waals surface area contributed by atoms with Gasteiger partial charge in [0.05, 0.1) is 11.8 Å². The molecule has 0 unspecified atom stereocenters. The molecule has 1 aliphatic carbocycles. The lowest BCUT2D eigenvalue weighted by atomic mass is 10.0. The fraction of sp³-hybridized carbons (Fsp3) is 0.533. The molecular weight excluding hydrogens is 250 g/mol. The van der Waals surface area contributed by atoms with Gasteiger partial charge in [-0.1, -0.05) is 12.8 Å². The molecule has 2 aromatic heterocycles. The second-order valence-corrected chi connectivity index (χ2v) is 5.83. The molecule has 3 rings (SSSR count). The van der Waals surface area contributed by atoms with Crippen LogP contribution in [-0.4, -0.2) is 19.7 Å². The van der Waals surface area contributed by atoms with Gasteiger partial charge in [0, 0.05) is 29.9 Å². The van der Waals surface area contributed by atoms with E-state index in [9.17, 15) is 0 Å². The largest absolute Gasteiger partial charge is 0.384 e. The van der Waals surface area contributed by atoms with Crippen molar-refractivity contribution in [3.05, 3.63) is 24.2 Å². The fourth-order valence-corrected chi connectivity index (χ4v) is 2.78. The van der Waals surface area contributed by atoms with Crippen LogP contribution in [0.3, 0.4) is 0 Å². The zero-order valence-electron chi connectivity index (χ0n) is 12.1. The third kappa shape index (κ3) is 2.53. The van der Waals surface area contributed by atoms with Gasteiger partial charge in [-0.15, -0.1) is 0 Å². The normalized spacial score (nSPS) is 16.1. The molecule has 1 saturated carbocycles.